The maximum Gasteiger partial charge on any atom is 0.311 e. The summed E-state index contributed by atoms with van der Waals surface area (Å²) in [4.78, 5) is 17.8. The minimum atomic E-state index is -0.172. The fraction of sp³-hybridized carbons (Fsp3) is 0.600. The molecule has 0 bridgehead atoms. The van der Waals surface area contributed by atoms with E-state index in [1.54, 1.807) is 0 Å². The highest BCUT2D eigenvalue weighted by atomic mass is 16.5. The molecular formula is C35H53N3O2. The topological polar surface area (TPSA) is 55.6 Å². The number of fused-ring (bicyclic) bond motifs is 1. The van der Waals surface area contributed by atoms with Gasteiger partial charge in [-0.2, -0.15) is 0 Å². The van der Waals surface area contributed by atoms with Crippen LogP contribution in [0.4, 0.5) is 5.82 Å². The maximum atomic E-state index is 12.8. The van der Waals surface area contributed by atoms with E-state index < -0.39 is 0 Å². The van der Waals surface area contributed by atoms with Gasteiger partial charge in [0.15, 0.2) is 0 Å². The number of aromatic nitrogens is 2. The number of carbonyl (C=O) groups excluding carboxylic acids is 1. The van der Waals surface area contributed by atoms with Crippen LogP contribution >= 0.6 is 0 Å². The molecule has 0 unspecified atom stereocenters. The van der Waals surface area contributed by atoms with Gasteiger partial charge in [0.25, 0.3) is 0 Å². The predicted molar refractivity (Wildman–Crippen MR) is 169 cm³/mol. The van der Waals surface area contributed by atoms with E-state index in [0.717, 1.165) is 42.0 Å². The molecule has 0 saturated heterocycles. The number of hydrogen-bond acceptors (Lipinski definition) is 4. The first-order chi connectivity index (χ1) is 19.1. The molecule has 0 fully saturated rings. The summed E-state index contributed by atoms with van der Waals surface area (Å²) in [6.45, 7) is 13.5. The number of benzene rings is 1. The molecule has 5 nitrogen and oxygen atoms in total. The van der Waals surface area contributed by atoms with E-state index in [9.17, 15) is 4.79 Å². The van der Waals surface area contributed by atoms with Gasteiger partial charge in [0.05, 0.1) is 0 Å². The van der Waals surface area contributed by atoms with E-state index in [0.29, 0.717) is 12.2 Å². The molecular weight excluding hydrogens is 494 g/mol. The van der Waals surface area contributed by atoms with Gasteiger partial charge < -0.3 is 10.1 Å². The Labute approximate surface area is 243 Å². The molecule has 1 aromatic carbocycles. The number of carbonyl (C=O) groups is 1. The molecule has 0 radical (unpaired) electrons. The Hall–Kier alpha value is -2.82. The minimum Gasteiger partial charge on any atom is -0.426 e. The Morgan fingerprint density at radius 2 is 1.43 bits per heavy atom. The highest BCUT2D eigenvalue weighted by Gasteiger charge is 2.28. The molecule has 0 saturated carbocycles. The molecule has 40 heavy (non-hydrogen) atoms. The van der Waals surface area contributed by atoms with E-state index >= 15 is 0 Å². The number of anilines is 1. The van der Waals surface area contributed by atoms with Crippen molar-refractivity contribution in [2.45, 2.75) is 131 Å². The smallest absolute Gasteiger partial charge is 0.311 e. The Morgan fingerprint density at radius 3 is 2.08 bits per heavy atom. The van der Waals surface area contributed by atoms with Crippen LogP contribution in [0.2, 0.25) is 0 Å². The molecule has 3 aromatic rings. The summed E-state index contributed by atoms with van der Waals surface area (Å²) in [7, 11) is 0. The van der Waals surface area contributed by atoms with Gasteiger partial charge in [-0.15, -0.1) is 0 Å². The van der Waals surface area contributed by atoms with Crippen LogP contribution in [0.15, 0.2) is 48.7 Å². The summed E-state index contributed by atoms with van der Waals surface area (Å²) >= 11 is 0. The van der Waals surface area contributed by atoms with E-state index in [1.807, 2.05) is 48.7 Å². The van der Waals surface area contributed by atoms with E-state index in [1.165, 1.54) is 57.8 Å². The number of esters is 1. The van der Waals surface area contributed by atoms with Gasteiger partial charge in [0.2, 0.25) is 0 Å². The quantitative estimate of drug-likeness (QED) is 0.104. The lowest BCUT2D eigenvalue weighted by Crippen LogP contribution is -2.36. The third kappa shape index (κ3) is 10.3. The van der Waals surface area contributed by atoms with E-state index in [4.69, 9.17) is 9.72 Å². The average molecular weight is 548 g/mol. The highest BCUT2D eigenvalue weighted by Crippen LogP contribution is 2.38. The number of hydrogen-bond donors (Lipinski definition) is 1. The van der Waals surface area contributed by atoms with Crippen molar-refractivity contribution in [2.24, 2.45) is 5.41 Å². The van der Waals surface area contributed by atoms with Crippen LogP contribution in [-0.2, 0) is 4.79 Å². The van der Waals surface area contributed by atoms with Gasteiger partial charge in [0, 0.05) is 23.7 Å². The first-order valence-corrected chi connectivity index (χ1v) is 15.6. The minimum absolute atomic E-state index is 0.166. The summed E-state index contributed by atoms with van der Waals surface area (Å²) in [5.41, 5.74) is 2.48. The van der Waals surface area contributed by atoms with Gasteiger partial charge in [-0.1, -0.05) is 110 Å². The molecule has 220 valence electrons. The number of pyridine rings is 1. The second-order valence-corrected chi connectivity index (χ2v) is 13.2. The van der Waals surface area contributed by atoms with E-state index in [2.05, 4.69) is 51.3 Å². The van der Waals surface area contributed by atoms with Crippen LogP contribution < -0.4 is 10.1 Å². The van der Waals surface area contributed by atoms with Crippen molar-refractivity contribution in [3.05, 3.63) is 48.7 Å². The van der Waals surface area contributed by atoms with Crippen LogP contribution in [0.5, 0.6) is 5.75 Å². The number of nitrogens with one attached hydrogen (secondary N) is 1. The Balaban J connectivity index is 1.62. The van der Waals surface area contributed by atoms with Gasteiger partial charge in [0.1, 0.15) is 22.9 Å². The van der Waals surface area contributed by atoms with Crippen LogP contribution in [0.1, 0.15) is 125 Å². The zero-order valence-electron chi connectivity index (χ0n) is 26.0. The zero-order valence-corrected chi connectivity index (χ0v) is 26.0. The largest absolute Gasteiger partial charge is 0.426 e. The summed E-state index contributed by atoms with van der Waals surface area (Å²) < 4.78 is 8.02. The van der Waals surface area contributed by atoms with Crippen molar-refractivity contribution in [3.8, 4) is 17.0 Å². The van der Waals surface area contributed by atoms with Crippen LogP contribution in [0.3, 0.4) is 0 Å². The number of imidazole rings is 1. The van der Waals surface area contributed by atoms with Gasteiger partial charge >= 0.3 is 5.97 Å². The standard InChI is InChI=1S/C35H53N3O2/c1-7-8-9-10-11-12-13-14-15-16-17-25-31(39)40-29-23-19-18-22-28(29)32-33(37-35(5,6)27-34(2,3)4)38-26-21-20-24-30(38)36-32/h18-24,26,37H,7-17,25,27H2,1-6H3. The molecule has 2 heterocycles. The van der Waals surface area contributed by atoms with Crippen LogP contribution in [0, 0.1) is 5.41 Å². The van der Waals surface area contributed by atoms with Crippen molar-refractivity contribution in [3.63, 3.8) is 0 Å². The number of unbranched alkanes of at least 4 members (excludes halogenated alkanes) is 10. The van der Waals surface area contributed by atoms with Crippen molar-refractivity contribution < 1.29 is 9.53 Å². The van der Waals surface area contributed by atoms with Crippen molar-refractivity contribution in [1.29, 1.82) is 0 Å². The Kier molecular flexibility index (Phi) is 12.1. The normalized spacial score (nSPS) is 12.2. The number of ether oxygens (including phenoxy) is 1. The lowest BCUT2D eigenvalue weighted by Gasteiger charge is -2.34. The molecule has 0 amide bonds. The molecule has 0 atom stereocenters. The van der Waals surface area contributed by atoms with E-state index in [-0.39, 0.29) is 16.9 Å². The van der Waals surface area contributed by atoms with Crippen LogP contribution in [-0.4, -0.2) is 20.9 Å². The SMILES string of the molecule is CCCCCCCCCCCCCC(=O)Oc1ccccc1-c1nc2ccccn2c1NC(C)(C)CC(C)(C)C. The first kappa shape index (κ1) is 31.7. The lowest BCUT2D eigenvalue weighted by atomic mass is 9.82. The number of nitrogens with zero attached hydrogens (tertiary/aromatic N) is 2. The van der Waals surface area contributed by atoms with Crippen LogP contribution in [0.25, 0.3) is 16.9 Å². The average Bonchev–Trinajstić information content (AvgIpc) is 3.23. The molecule has 0 aliphatic heterocycles. The van der Waals surface area contributed by atoms with Crippen molar-refractivity contribution >= 4 is 17.4 Å². The number of rotatable bonds is 17. The fourth-order valence-electron chi connectivity index (χ4n) is 5.85. The summed E-state index contributed by atoms with van der Waals surface area (Å²) in [6.07, 6.45) is 17.3. The van der Waals surface area contributed by atoms with Crippen molar-refractivity contribution in [1.82, 2.24) is 9.38 Å². The third-order valence-electron chi connectivity index (χ3n) is 7.31. The molecule has 3 rings (SSSR count). The highest BCUT2D eigenvalue weighted by molar-refractivity contribution is 5.83. The molecule has 0 spiro atoms. The zero-order chi connectivity index (χ0) is 29.0. The lowest BCUT2D eigenvalue weighted by molar-refractivity contribution is -0.134. The monoisotopic (exact) mass is 547 g/mol. The summed E-state index contributed by atoms with van der Waals surface area (Å²) in [6, 6.07) is 13.8. The third-order valence-corrected chi connectivity index (χ3v) is 7.31. The molecule has 1 N–H and O–H groups in total. The number of para-hydroxylation sites is 1. The summed E-state index contributed by atoms with van der Waals surface area (Å²) in [5, 5.41) is 3.78. The van der Waals surface area contributed by atoms with Gasteiger partial charge in [-0.3, -0.25) is 9.20 Å². The predicted octanol–water partition coefficient (Wildman–Crippen LogP) is 10.2. The fourth-order valence-corrected chi connectivity index (χ4v) is 5.85. The second kappa shape index (κ2) is 15.3. The maximum absolute atomic E-state index is 12.8. The molecule has 0 aliphatic carbocycles. The molecule has 0 aliphatic rings. The van der Waals surface area contributed by atoms with Gasteiger partial charge in [-0.25, -0.2) is 4.98 Å². The summed E-state index contributed by atoms with van der Waals surface area (Å²) in [5.74, 6) is 1.31. The molecule has 5 heteroatoms. The first-order valence-electron chi connectivity index (χ1n) is 15.6. The van der Waals surface area contributed by atoms with Crippen molar-refractivity contribution in [2.75, 3.05) is 5.32 Å². The van der Waals surface area contributed by atoms with Gasteiger partial charge in [-0.05, 0) is 56.4 Å². The Morgan fingerprint density at radius 1 is 0.825 bits per heavy atom. The molecule has 2 aromatic heterocycles. The Bertz CT molecular complexity index is 1190. The second-order valence-electron chi connectivity index (χ2n) is 13.2.